The summed E-state index contributed by atoms with van der Waals surface area (Å²) >= 11 is 3.26. The smallest absolute Gasteiger partial charge is 0.258 e. The molecule has 0 spiro atoms. The van der Waals surface area contributed by atoms with Crippen molar-refractivity contribution in [1.29, 1.82) is 0 Å². The van der Waals surface area contributed by atoms with Crippen molar-refractivity contribution in [1.82, 2.24) is 9.88 Å². The number of furan rings is 1. The van der Waals surface area contributed by atoms with E-state index in [1.54, 1.807) is 12.3 Å². The van der Waals surface area contributed by atoms with Gasteiger partial charge in [-0.2, -0.15) is 0 Å². The number of likely N-dealkylation sites (tertiary alicyclic amines) is 1. The first-order chi connectivity index (χ1) is 9.27. The zero-order valence-electron chi connectivity index (χ0n) is 10.3. The molecular formula is C14H13BrN2O2. The molecule has 0 aliphatic carbocycles. The summed E-state index contributed by atoms with van der Waals surface area (Å²) in [6.07, 6.45) is 7.10. The Labute approximate surface area is 119 Å². The molecule has 2 aromatic heterocycles. The Morgan fingerprint density at radius 2 is 2.37 bits per heavy atom. The lowest BCUT2D eigenvalue weighted by molar-refractivity contribution is 0.0733. The highest BCUT2D eigenvalue weighted by molar-refractivity contribution is 9.10. The summed E-state index contributed by atoms with van der Waals surface area (Å²) in [5.41, 5.74) is 1.67. The number of halogens is 1. The Kier molecular flexibility index (Phi) is 3.38. The van der Waals surface area contributed by atoms with Crippen molar-refractivity contribution in [3.63, 3.8) is 0 Å². The van der Waals surface area contributed by atoms with E-state index in [-0.39, 0.29) is 11.9 Å². The molecule has 0 radical (unpaired) electrons. The molecule has 0 saturated carbocycles. The van der Waals surface area contributed by atoms with Crippen molar-refractivity contribution < 1.29 is 9.21 Å². The average Bonchev–Trinajstić information content (AvgIpc) is 3.07. The first kappa shape index (κ1) is 12.4. The first-order valence-electron chi connectivity index (χ1n) is 6.21. The standard InChI is InChI=1S/C14H13BrN2O2/c15-13-11(5-8-19-13)14(18)17-7-2-4-12(17)10-3-1-6-16-9-10/h1,3,5-6,8-9,12H,2,4,7H2. The number of aromatic nitrogens is 1. The Bertz CT molecular complexity index is 582. The van der Waals surface area contributed by atoms with Crippen molar-refractivity contribution in [2.24, 2.45) is 0 Å². The quantitative estimate of drug-likeness (QED) is 0.851. The third-order valence-electron chi connectivity index (χ3n) is 3.43. The summed E-state index contributed by atoms with van der Waals surface area (Å²) in [6.45, 7) is 0.774. The van der Waals surface area contributed by atoms with Gasteiger partial charge in [0.1, 0.15) is 0 Å². The zero-order chi connectivity index (χ0) is 13.2. The Balaban J connectivity index is 1.88. The van der Waals surface area contributed by atoms with Gasteiger partial charge in [-0.25, -0.2) is 0 Å². The van der Waals surface area contributed by atoms with E-state index in [0.29, 0.717) is 10.2 Å². The van der Waals surface area contributed by atoms with Crippen molar-refractivity contribution in [2.45, 2.75) is 18.9 Å². The minimum atomic E-state index is 0.00646. The van der Waals surface area contributed by atoms with Crippen LogP contribution in [0.5, 0.6) is 0 Å². The van der Waals surface area contributed by atoms with Crippen LogP contribution < -0.4 is 0 Å². The van der Waals surface area contributed by atoms with E-state index >= 15 is 0 Å². The van der Waals surface area contributed by atoms with Crippen LogP contribution in [0.1, 0.15) is 34.8 Å². The molecule has 1 aliphatic heterocycles. The highest BCUT2D eigenvalue weighted by atomic mass is 79.9. The molecule has 3 heterocycles. The van der Waals surface area contributed by atoms with Crippen LogP contribution in [0.15, 0.2) is 45.9 Å². The highest BCUT2D eigenvalue weighted by Gasteiger charge is 2.32. The van der Waals surface area contributed by atoms with Gasteiger partial charge >= 0.3 is 0 Å². The molecule has 2 aromatic rings. The van der Waals surface area contributed by atoms with Crippen molar-refractivity contribution in [3.8, 4) is 0 Å². The predicted molar refractivity (Wildman–Crippen MR) is 73.7 cm³/mol. The van der Waals surface area contributed by atoms with Crippen LogP contribution in [0.4, 0.5) is 0 Å². The largest absolute Gasteiger partial charge is 0.457 e. The lowest BCUT2D eigenvalue weighted by Gasteiger charge is -2.24. The van der Waals surface area contributed by atoms with E-state index in [0.717, 1.165) is 24.9 Å². The van der Waals surface area contributed by atoms with Crippen LogP contribution in [-0.4, -0.2) is 22.3 Å². The van der Waals surface area contributed by atoms with Crippen molar-refractivity contribution in [3.05, 3.63) is 52.7 Å². The molecule has 0 N–H and O–H groups in total. The molecule has 0 aromatic carbocycles. The Morgan fingerprint density at radius 3 is 3.05 bits per heavy atom. The second kappa shape index (κ2) is 5.17. The fourth-order valence-electron chi connectivity index (χ4n) is 2.53. The zero-order valence-corrected chi connectivity index (χ0v) is 11.8. The number of nitrogens with zero attached hydrogens (tertiary/aromatic N) is 2. The predicted octanol–water partition coefficient (Wildman–Crippen LogP) is 3.41. The summed E-state index contributed by atoms with van der Waals surface area (Å²) in [5, 5.41) is 0. The SMILES string of the molecule is O=C(c1ccoc1Br)N1CCCC1c1cccnc1. The van der Waals surface area contributed by atoms with Gasteiger partial charge < -0.3 is 9.32 Å². The summed E-state index contributed by atoms with van der Waals surface area (Å²) in [4.78, 5) is 18.6. The maximum absolute atomic E-state index is 12.5. The molecule has 1 amide bonds. The van der Waals surface area contributed by atoms with Gasteiger partial charge in [-0.05, 0) is 46.5 Å². The molecular weight excluding hydrogens is 308 g/mol. The summed E-state index contributed by atoms with van der Waals surface area (Å²) in [5.74, 6) is 0.00646. The molecule has 1 fully saturated rings. The summed E-state index contributed by atoms with van der Waals surface area (Å²) in [6, 6.07) is 5.74. The van der Waals surface area contributed by atoms with Crippen LogP contribution in [0, 0.1) is 0 Å². The van der Waals surface area contributed by atoms with E-state index in [2.05, 4.69) is 20.9 Å². The molecule has 1 atom stereocenters. The number of carbonyl (C=O) groups excluding carboxylic acids is 1. The third-order valence-corrected chi connectivity index (χ3v) is 4.05. The molecule has 98 valence electrons. The third kappa shape index (κ3) is 2.30. The van der Waals surface area contributed by atoms with Crippen molar-refractivity contribution >= 4 is 21.8 Å². The van der Waals surface area contributed by atoms with Crippen LogP contribution in [0.3, 0.4) is 0 Å². The molecule has 1 aliphatic rings. The normalized spacial score (nSPS) is 18.8. The van der Waals surface area contributed by atoms with E-state index in [4.69, 9.17) is 4.42 Å². The average molecular weight is 321 g/mol. The monoisotopic (exact) mass is 320 g/mol. The molecule has 4 nitrogen and oxygen atoms in total. The van der Waals surface area contributed by atoms with E-state index in [1.807, 2.05) is 23.2 Å². The highest BCUT2D eigenvalue weighted by Crippen LogP contribution is 2.33. The molecule has 5 heteroatoms. The second-order valence-electron chi connectivity index (χ2n) is 4.55. The topological polar surface area (TPSA) is 46.3 Å². The van der Waals surface area contributed by atoms with Crippen LogP contribution in [-0.2, 0) is 0 Å². The van der Waals surface area contributed by atoms with Crippen LogP contribution in [0.2, 0.25) is 0 Å². The maximum atomic E-state index is 12.5. The number of hydrogen-bond donors (Lipinski definition) is 0. The minimum Gasteiger partial charge on any atom is -0.457 e. The van der Waals surface area contributed by atoms with Crippen LogP contribution >= 0.6 is 15.9 Å². The molecule has 1 saturated heterocycles. The van der Waals surface area contributed by atoms with Crippen LogP contribution in [0.25, 0.3) is 0 Å². The van der Waals surface area contributed by atoms with Gasteiger partial charge in [-0.15, -0.1) is 0 Å². The van der Waals surface area contributed by atoms with Gasteiger partial charge in [-0.1, -0.05) is 6.07 Å². The summed E-state index contributed by atoms with van der Waals surface area (Å²) < 4.78 is 5.64. The van der Waals surface area contributed by atoms with E-state index in [1.165, 1.54) is 6.26 Å². The number of carbonyl (C=O) groups is 1. The minimum absolute atomic E-state index is 0.00646. The number of pyridine rings is 1. The lowest BCUT2D eigenvalue weighted by Crippen LogP contribution is -2.30. The Morgan fingerprint density at radius 1 is 1.47 bits per heavy atom. The van der Waals surface area contributed by atoms with Crippen molar-refractivity contribution in [2.75, 3.05) is 6.54 Å². The molecule has 19 heavy (non-hydrogen) atoms. The lowest BCUT2D eigenvalue weighted by atomic mass is 10.1. The van der Waals surface area contributed by atoms with Gasteiger partial charge in [0, 0.05) is 18.9 Å². The van der Waals surface area contributed by atoms with Gasteiger partial charge in [0.05, 0.1) is 17.9 Å². The second-order valence-corrected chi connectivity index (χ2v) is 5.27. The number of hydrogen-bond acceptors (Lipinski definition) is 3. The number of amides is 1. The Hall–Kier alpha value is -1.62. The van der Waals surface area contributed by atoms with Gasteiger partial charge in [-0.3, -0.25) is 9.78 Å². The molecule has 3 rings (SSSR count). The van der Waals surface area contributed by atoms with Gasteiger partial charge in [0.15, 0.2) is 4.67 Å². The fraction of sp³-hybridized carbons (Fsp3) is 0.286. The number of rotatable bonds is 2. The summed E-state index contributed by atoms with van der Waals surface area (Å²) in [7, 11) is 0. The molecule has 1 unspecified atom stereocenters. The first-order valence-corrected chi connectivity index (χ1v) is 7.00. The maximum Gasteiger partial charge on any atom is 0.258 e. The van der Waals surface area contributed by atoms with E-state index in [9.17, 15) is 4.79 Å². The van der Waals surface area contributed by atoms with E-state index < -0.39 is 0 Å². The molecule has 0 bridgehead atoms. The van der Waals surface area contributed by atoms with Gasteiger partial charge in [0.25, 0.3) is 5.91 Å². The fourth-order valence-corrected chi connectivity index (χ4v) is 2.94. The van der Waals surface area contributed by atoms with Gasteiger partial charge in [0.2, 0.25) is 0 Å².